The molecule has 1 aliphatic heterocycles. The normalized spacial score (nSPS) is 16.4. The lowest BCUT2D eigenvalue weighted by Gasteiger charge is -2.35. The van der Waals surface area contributed by atoms with Crippen LogP contribution in [0.4, 0.5) is 5.88 Å². The summed E-state index contributed by atoms with van der Waals surface area (Å²) < 4.78 is 11.3. The van der Waals surface area contributed by atoms with Gasteiger partial charge < -0.3 is 19.2 Å². The lowest BCUT2D eigenvalue weighted by Crippen LogP contribution is -2.48. The van der Waals surface area contributed by atoms with Gasteiger partial charge in [-0.2, -0.15) is 0 Å². The van der Waals surface area contributed by atoms with Crippen molar-refractivity contribution in [3.05, 3.63) is 70.5 Å². The summed E-state index contributed by atoms with van der Waals surface area (Å²) in [5.41, 5.74) is 2.08. The molecule has 2 aromatic carbocycles. The van der Waals surface area contributed by atoms with Gasteiger partial charge in [0.25, 0.3) is 0 Å². The van der Waals surface area contributed by atoms with E-state index >= 15 is 0 Å². The third-order valence-electron chi connectivity index (χ3n) is 6.06. The van der Waals surface area contributed by atoms with E-state index in [0.717, 1.165) is 53.7 Å². The van der Waals surface area contributed by atoms with Crippen LogP contribution in [0.3, 0.4) is 0 Å². The number of fused-ring (bicyclic) bond motifs is 3. The summed E-state index contributed by atoms with van der Waals surface area (Å²) in [6.45, 7) is 4.50. The maximum atomic E-state index is 10.8. The molecule has 2 N–H and O–H groups in total. The Labute approximate surface area is 190 Å². The molecule has 0 spiro atoms. The molecule has 0 bridgehead atoms. The Morgan fingerprint density at radius 1 is 1.03 bits per heavy atom. The van der Waals surface area contributed by atoms with Crippen molar-refractivity contribution in [2.45, 2.75) is 12.6 Å². The molecule has 9 heteroatoms. The largest absolute Gasteiger partial charge is 0.490 e. The smallest absolute Gasteiger partial charge is 0.433 e. The van der Waals surface area contributed by atoms with Gasteiger partial charge in [0.05, 0.1) is 18.1 Å². The molecule has 1 fully saturated rings. The Morgan fingerprint density at radius 3 is 2.58 bits per heavy atom. The number of rotatable bonds is 8. The number of hydrogen-bond acceptors (Lipinski definition) is 7. The summed E-state index contributed by atoms with van der Waals surface area (Å²) >= 11 is 0. The van der Waals surface area contributed by atoms with E-state index < -0.39 is 11.0 Å². The van der Waals surface area contributed by atoms with Crippen LogP contribution >= 0.6 is 0 Å². The number of aliphatic hydroxyl groups excluding tert-OH is 1. The van der Waals surface area contributed by atoms with Crippen LogP contribution in [0.25, 0.3) is 21.8 Å². The number of piperazine rings is 1. The topological polar surface area (TPSA) is 108 Å². The average Bonchev–Trinajstić information content (AvgIpc) is 3.44. The number of nitrogens with zero attached hydrogens (tertiary/aromatic N) is 3. The van der Waals surface area contributed by atoms with E-state index in [0.29, 0.717) is 18.8 Å². The Bertz CT molecular complexity index is 1260. The van der Waals surface area contributed by atoms with Gasteiger partial charge in [-0.3, -0.25) is 19.9 Å². The van der Waals surface area contributed by atoms with Crippen molar-refractivity contribution in [2.75, 3.05) is 39.3 Å². The van der Waals surface area contributed by atoms with Crippen LogP contribution < -0.4 is 4.74 Å². The molecule has 5 rings (SSSR count). The molecule has 0 amide bonds. The van der Waals surface area contributed by atoms with Crippen molar-refractivity contribution in [3.63, 3.8) is 0 Å². The highest BCUT2D eigenvalue weighted by molar-refractivity contribution is 6.10. The van der Waals surface area contributed by atoms with Crippen LogP contribution in [0.5, 0.6) is 5.75 Å². The molecule has 0 aliphatic carbocycles. The molecule has 1 aliphatic rings. The Kier molecular flexibility index (Phi) is 5.99. The number of β-amino-alcohol motifs (C(OH)–C–C–N with tert-alkyl or cyclic N) is 1. The van der Waals surface area contributed by atoms with Gasteiger partial charge >= 0.3 is 5.88 Å². The number of aliphatic hydroxyl groups is 1. The molecule has 0 radical (unpaired) electrons. The minimum atomic E-state index is -0.607. The molecule has 1 unspecified atom stereocenters. The number of benzene rings is 2. The molecule has 0 saturated carbocycles. The monoisotopic (exact) mass is 450 g/mol. The highest BCUT2D eigenvalue weighted by atomic mass is 16.6. The van der Waals surface area contributed by atoms with Gasteiger partial charge in [-0.1, -0.05) is 24.3 Å². The van der Waals surface area contributed by atoms with Crippen molar-refractivity contribution in [2.24, 2.45) is 0 Å². The second kappa shape index (κ2) is 9.22. The van der Waals surface area contributed by atoms with Gasteiger partial charge in [0.1, 0.15) is 29.1 Å². The van der Waals surface area contributed by atoms with Crippen LogP contribution in [-0.4, -0.2) is 70.2 Å². The predicted octanol–water partition coefficient (Wildman–Crippen LogP) is 3.38. The fourth-order valence-corrected chi connectivity index (χ4v) is 4.43. The summed E-state index contributed by atoms with van der Waals surface area (Å²) in [6.07, 6.45) is -0.607. The summed E-state index contributed by atoms with van der Waals surface area (Å²) in [4.78, 5) is 18.0. The second-order valence-electron chi connectivity index (χ2n) is 8.39. The molecule has 172 valence electrons. The van der Waals surface area contributed by atoms with Crippen LogP contribution in [0.15, 0.2) is 59.0 Å². The van der Waals surface area contributed by atoms with Crippen molar-refractivity contribution < 1.29 is 19.2 Å². The SMILES string of the molecule is O=[N+]([O-])c1ccc(CN2CCN(CC(O)COc3cccc4[nH]c5ccccc5c34)CC2)o1. The number of nitro groups is 1. The van der Waals surface area contributed by atoms with Crippen molar-refractivity contribution in [3.8, 4) is 5.75 Å². The quantitative estimate of drug-likeness (QED) is 0.313. The number of H-pyrrole nitrogens is 1. The molecule has 1 saturated heterocycles. The molecule has 9 nitrogen and oxygen atoms in total. The van der Waals surface area contributed by atoms with Gasteiger partial charge in [0, 0.05) is 49.0 Å². The zero-order valence-electron chi connectivity index (χ0n) is 18.1. The molecule has 1 atom stereocenters. The number of ether oxygens (including phenoxy) is 1. The van der Waals surface area contributed by atoms with E-state index in [2.05, 4.69) is 20.9 Å². The van der Waals surface area contributed by atoms with Gasteiger partial charge in [-0.15, -0.1) is 0 Å². The standard InChI is InChI=1S/C24H26N4O5/c29-17(14-26-10-12-27(13-11-26)15-18-8-9-23(33-18)28(30)31)16-32-22-7-3-6-21-24(22)19-4-1-2-5-20(19)25-21/h1-9,17,25,29H,10-16H2. The first kappa shape index (κ1) is 21.4. The first-order valence-electron chi connectivity index (χ1n) is 11.0. The lowest BCUT2D eigenvalue weighted by atomic mass is 10.1. The Hall–Kier alpha value is -3.40. The van der Waals surface area contributed by atoms with Gasteiger partial charge in [-0.25, -0.2) is 0 Å². The fourth-order valence-electron chi connectivity index (χ4n) is 4.43. The van der Waals surface area contributed by atoms with Gasteiger partial charge in [0.2, 0.25) is 0 Å². The maximum absolute atomic E-state index is 10.8. The van der Waals surface area contributed by atoms with E-state index in [4.69, 9.17) is 9.15 Å². The van der Waals surface area contributed by atoms with E-state index in [1.165, 1.54) is 6.07 Å². The first-order valence-corrected chi connectivity index (χ1v) is 11.0. The first-order chi connectivity index (χ1) is 16.1. The molecule has 33 heavy (non-hydrogen) atoms. The van der Waals surface area contributed by atoms with E-state index in [1.807, 2.05) is 36.4 Å². The van der Waals surface area contributed by atoms with Gasteiger partial charge in [0.15, 0.2) is 0 Å². The zero-order chi connectivity index (χ0) is 22.8. The lowest BCUT2D eigenvalue weighted by molar-refractivity contribution is -0.402. The van der Waals surface area contributed by atoms with Crippen molar-refractivity contribution in [1.82, 2.24) is 14.8 Å². The maximum Gasteiger partial charge on any atom is 0.433 e. The molecule has 2 aromatic heterocycles. The van der Waals surface area contributed by atoms with Crippen LogP contribution in [0.1, 0.15) is 5.76 Å². The third kappa shape index (κ3) is 4.70. The number of para-hydroxylation sites is 1. The predicted molar refractivity (Wildman–Crippen MR) is 124 cm³/mol. The Morgan fingerprint density at radius 2 is 1.79 bits per heavy atom. The third-order valence-corrected chi connectivity index (χ3v) is 6.06. The van der Waals surface area contributed by atoms with Crippen molar-refractivity contribution >= 4 is 27.7 Å². The van der Waals surface area contributed by atoms with Crippen LogP contribution in [0, 0.1) is 10.1 Å². The van der Waals surface area contributed by atoms with E-state index in [9.17, 15) is 15.2 Å². The summed E-state index contributed by atoms with van der Waals surface area (Å²) in [7, 11) is 0. The van der Waals surface area contributed by atoms with Crippen molar-refractivity contribution in [1.29, 1.82) is 0 Å². The second-order valence-corrected chi connectivity index (χ2v) is 8.39. The average molecular weight is 450 g/mol. The summed E-state index contributed by atoms with van der Waals surface area (Å²) in [5, 5.41) is 23.5. The van der Waals surface area contributed by atoms with E-state index in [-0.39, 0.29) is 12.5 Å². The zero-order valence-corrected chi connectivity index (χ0v) is 18.1. The highest BCUT2D eigenvalue weighted by Crippen LogP contribution is 2.33. The van der Waals surface area contributed by atoms with Gasteiger partial charge in [-0.05, 0) is 24.3 Å². The highest BCUT2D eigenvalue weighted by Gasteiger charge is 2.22. The minimum absolute atomic E-state index is 0.217. The Balaban J connectivity index is 1.13. The number of hydrogen-bond donors (Lipinski definition) is 2. The minimum Gasteiger partial charge on any atom is -0.490 e. The summed E-state index contributed by atoms with van der Waals surface area (Å²) in [6, 6.07) is 17.1. The summed E-state index contributed by atoms with van der Waals surface area (Å²) in [5.74, 6) is 1.13. The number of nitrogens with one attached hydrogen (secondary N) is 1. The van der Waals surface area contributed by atoms with E-state index in [1.54, 1.807) is 6.07 Å². The molecular formula is C24H26N4O5. The number of furan rings is 1. The van der Waals surface area contributed by atoms with Crippen LogP contribution in [-0.2, 0) is 6.54 Å². The van der Waals surface area contributed by atoms with Crippen LogP contribution in [0.2, 0.25) is 0 Å². The molecule has 4 aromatic rings. The molecular weight excluding hydrogens is 424 g/mol. The number of aromatic amines is 1. The molecule has 3 heterocycles. The number of aromatic nitrogens is 1. The fraction of sp³-hybridized carbons (Fsp3) is 0.333.